The largest absolute Gasteiger partial charge is 0.372 e. The van der Waals surface area contributed by atoms with Gasteiger partial charge >= 0.3 is 10.2 Å². The first-order valence-electron chi connectivity index (χ1n) is 22.6. The second-order valence-corrected chi connectivity index (χ2v) is 19.8. The number of likely N-dealkylation sites (tertiary alicyclic amines) is 1. The smallest absolute Gasteiger partial charge is 0.301 e. The van der Waals surface area contributed by atoms with E-state index in [0.29, 0.717) is 47.0 Å². The Morgan fingerprint density at radius 3 is 2.36 bits per heavy atom. The van der Waals surface area contributed by atoms with E-state index >= 15 is 8.78 Å². The molecule has 4 fully saturated rings. The zero-order valence-corrected chi connectivity index (χ0v) is 36.9. The highest BCUT2D eigenvalue weighted by atomic mass is 32.2. The van der Waals surface area contributed by atoms with Crippen molar-refractivity contribution in [1.29, 1.82) is 0 Å². The molecule has 2 aromatic heterocycles. The maximum absolute atomic E-state index is 15.8. The van der Waals surface area contributed by atoms with Crippen molar-refractivity contribution < 1.29 is 40.8 Å². The minimum absolute atomic E-state index is 0.00467. The molecule has 0 saturated carbocycles. The number of piperidine rings is 3. The van der Waals surface area contributed by atoms with Crippen LogP contribution in [0, 0.1) is 17.6 Å². The average molecular weight is 923 g/mol. The first-order valence-corrected chi connectivity index (χ1v) is 24.0. The van der Waals surface area contributed by atoms with Crippen LogP contribution in [-0.2, 0) is 26.3 Å². The molecule has 10 rings (SSSR count). The number of halogens is 3. The summed E-state index contributed by atoms with van der Waals surface area (Å²) in [5.74, 6) is -3.38. The van der Waals surface area contributed by atoms with E-state index in [-0.39, 0.29) is 43.3 Å². The van der Waals surface area contributed by atoms with Crippen molar-refractivity contribution in [1.82, 2.24) is 29.4 Å². The van der Waals surface area contributed by atoms with E-state index in [0.717, 1.165) is 91.7 Å². The molecule has 0 unspecified atom stereocenters. The number of carbonyl (C=O) groups is 4. The molecule has 3 amide bonds. The lowest BCUT2D eigenvalue weighted by Gasteiger charge is -2.38. The number of anilines is 2. The van der Waals surface area contributed by atoms with Crippen LogP contribution >= 0.6 is 0 Å². The fourth-order valence-corrected chi connectivity index (χ4v) is 11.6. The predicted octanol–water partition coefficient (Wildman–Crippen LogP) is 6.30. The molecule has 5 aliphatic heterocycles. The minimum Gasteiger partial charge on any atom is -0.372 e. The fraction of sp³-hybridized carbons (Fsp3) is 0.396. The summed E-state index contributed by atoms with van der Waals surface area (Å²) >= 11 is 0. The number of imide groups is 1. The third-order valence-corrected chi connectivity index (χ3v) is 15.6. The van der Waals surface area contributed by atoms with Crippen molar-refractivity contribution in [2.24, 2.45) is 5.92 Å². The number of hydrogen-bond donors (Lipinski definition) is 3. The summed E-state index contributed by atoms with van der Waals surface area (Å²) in [4.78, 5) is 65.0. The Morgan fingerprint density at radius 2 is 1.64 bits per heavy atom. The minimum atomic E-state index is -4.35. The Kier molecular flexibility index (Phi) is 11.7. The number of nitrogens with zero attached hydrogens (tertiary/aromatic N) is 5. The molecule has 5 aliphatic rings. The topological polar surface area (TPSA) is 168 Å². The number of amides is 3. The molecular formula is C48H49F3N8O6S. The number of carbonyl (C=O) groups excluding carboxylic acids is 4. The van der Waals surface area contributed by atoms with E-state index in [2.05, 4.69) is 49.4 Å². The monoisotopic (exact) mass is 922 g/mol. The van der Waals surface area contributed by atoms with Gasteiger partial charge in [-0.3, -0.25) is 29.2 Å². The molecule has 0 aliphatic carbocycles. The van der Waals surface area contributed by atoms with E-state index in [1.165, 1.54) is 11.8 Å². The van der Waals surface area contributed by atoms with Crippen molar-refractivity contribution in [3.63, 3.8) is 0 Å². The van der Waals surface area contributed by atoms with E-state index in [4.69, 9.17) is 0 Å². The number of aromatic nitrogens is 2. The van der Waals surface area contributed by atoms with Gasteiger partial charge in [0.15, 0.2) is 5.82 Å². The van der Waals surface area contributed by atoms with Gasteiger partial charge in [-0.15, -0.1) is 0 Å². The van der Waals surface area contributed by atoms with Crippen LogP contribution in [0.25, 0.3) is 22.2 Å². The van der Waals surface area contributed by atoms with Crippen LogP contribution in [0.1, 0.15) is 88.3 Å². The standard InChI is InChI=1S/C48H49F3N8O6S/c49-34-15-20-58(27-34)66(64,65)55-40-8-7-39(50)43(44(40)51)45(61)38-24-53-46-37(38)22-32(23-52-46)29-1-4-35(5-2-29)57-18-11-28(12-19-57)25-56-16-13-30(14-17-56)31-3-6-36-33(21-31)26-59(48(36)63)41-9-10-42(60)54-47(41)62/h1-8,21-24,28,30,34,41,55H,9-20,25-27H2,(H,52,53)(H,54,60,62)/t34-,41-/m1/s1. The van der Waals surface area contributed by atoms with Crippen LogP contribution in [0.5, 0.6) is 0 Å². The van der Waals surface area contributed by atoms with Gasteiger partial charge in [0.05, 0.1) is 11.3 Å². The maximum atomic E-state index is 15.8. The van der Waals surface area contributed by atoms with Gasteiger partial charge in [0, 0.05) is 85.8 Å². The maximum Gasteiger partial charge on any atom is 0.301 e. The molecule has 3 aromatic carbocycles. The molecule has 66 heavy (non-hydrogen) atoms. The lowest BCUT2D eigenvalue weighted by Crippen LogP contribution is -2.52. The molecule has 3 N–H and O–H groups in total. The Morgan fingerprint density at radius 1 is 0.864 bits per heavy atom. The molecule has 5 aromatic rings. The number of rotatable bonds is 11. The summed E-state index contributed by atoms with van der Waals surface area (Å²) < 4.78 is 73.1. The first kappa shape index (κ1) is 43.8. The van der Waals surface area contributed by atoms with Crippen LogP contribution in [0.2, 0.25) is 0 Å². The molecule has 14 nitrogen and oxygen atoms in total. The summed E-state index contributed by atoms with van der Waals surface area (Å²) in [6, 6.07) is 17.0. The van der Waals surface area contributed by atoms with Gasteiger partial charge in [0.1, 0.15) is 23.7 Å². The quantitative estimate of drug-likeness (QED) is 0.102. The van der Waals surface area contributed by atoms with Gasteiger partial charge in [-0.05, 0) is 117 Å². The second kappa shape index (κ2) is 17.6. The normalized spacial score (nSPS) is 21.5. The summed E-state index contributed by atoms with van der Waals surface area (Å²) in [6.07, 6.45) is 6.44. The summed E-state index contributed by atoms with van der Waals surface area (Å²) in [7, 11) is -4.35. The van der Waals surface area contributed by atoms with Crippen molar-refractivity contribution in [2.75, 3.05) is 55.4 Å². The highest BCUT2D eigenvalue weighted by Crippen LogP contribution is 2.36. The Labute approximate surface area is 379 Å². The molecule has 0 spiro atoms. The van der Waals surface area contributed by atoms with Crippen LogP contribution in [0.15, 0.2) is 73.1 Å². The van der Waals surface area contributed by atoms with E-state index in [1.807, 2.05) is 22.9 Å². The van der Waals surface area contributed by atoms with Gasteiger partial charge in [0.2, 0.25) is 17.6 Å². The third-order valence-electron chi connectivity index (χ3n) is 14.1. The van der Waals surface area contributed by atoms with Crippen LogP contribution in [0.4, 0.5) is 24.5 Å². The zero-order valence-electron chi connectivity index (χ0n) is 36.1. The lowest BCUT2D eigenvalue weighted by molar-refractivity contribution is -0.136. The number of H-pyrrole nitrogens is 1. The first-order chi connectivity index (χ1) is 31.8. The molecule has 344 valence electrons. The van der Waals surface area contributed by atoms with Crippen molar-refractivity contribution in [3.05, 3.63) is 113 Å². The predicted molar refractivity (Wildman–Crippen MR) is 241 cm³/mol. The Hall–Kier alpha value is -6.11. The number of nitrogens with one attached hydrogen (secondary N) is 3. The van der Waals surface area contributed by atoms with Crippen LogP contribution < -0.4 is 14.9 Å². The van der Waals surface area contributed by atoms with Gasteiger partial charge in [-0.2, -0.15) is 12.7 Å². The van der Waals surface area contributed by atoms with Crippen molar-refractivity contribution >= 4 is 56.1 Å². The van der Waals surface area contributed by atoms with Gasteiger partial charge in [-0.1, -0.05) is 24.3 Å². The van der Waals surface area contributed by atoms with Crippen LogP contribution in [0.3, 0.4) is 0 Å². The molecule has 0 radical (unpaired) electrons. The second-order valence-electron chi connectivity index (χ2n) is 18.2. The fourth-order valence-electron chi connectivity index (χ4n) is 10.3. The summed E-state index contributed by atoms with van der Waals surface area (Å²) in [5.41, 5.74) is 4.18. The molecule has 2 atom stereocenters. The number of benzene rings is 3. The highest BCUT2D eigenvalue weighted by Gasteiger charge is 2.40. The van der Waals surface area contributed by atoms with E-state index in [1.54, 1.807) is 17.2 Å². The number of ketones is 1. The number of pyridine rings is 1. The lowest BCUT2D eigenvalue weighted by atomic mass is 9.87. The van der Waals surface area contributed by atoms with Crippen LogP contribution in [-0.4, -0.2) is 114 Å². The van der Waals surface area contributed by atoms with Gasteiger partial charge in [0.25, 0.3) is 5.91 Å². The highest BCUT2D eigenvalue weighted by molar-refractivity contribution is 7.90. The number of aromatic amines is 1. The number of hydrogen-bond acceptors (Lipinski definition) is 9. The summed E-state index contributed by atoms with van der Waals surface area (Å²) in [6.45, 7) is 4.85. The SMILES string of the molecule is O=C1CC[C@@H](N2Cc3cc(C4CCN(CC5CCN(c6ccc(-c7cnc8[nH]cc(C(=O)c9c(F)ccc(NS(=O)(=O)N%10CC[C@@H](F)C%10)c9F)c8c7)cc6)CC5)CC4)ccc3C2=O)C(=O)N1. The zero-order chi connectivity index (χ0) is 45.9. The van der Waals surface area contributed by atoms with Gasteiger partial charge in [-0.25, -0.2) is 18.2 Å². The molecule has 4 saturated heterocycles. The van der Waals surface area contributed by atoms with Crippen molar-refractivity contribution in [2.45, 2.75) is 69.6 Å². The number of fused-ring (bicyclic) bond motifs is 2. The van der Waals surface area contributed by atoms with E-state index in [9.17, 15) is 32.0 Å². The Bertz CT molecular complexity index is 2860. The molecule has 0 bridgehead atoms. The Balaban J connectivity index is 0.730. The van der Waals surface area contributed by atoms with E-state index < -0.39 is 57.0 Å². The molecule has 18 heteroatoms. The molecular weight excluding hydrogens is 874 g/mol. The van der Waals surface area contributed by atoms with Gasteiger partial charge < -0.3 is 19.7 Å². The summed E-state index contributed by atoms with van der Waals surface area (Å²) in [5, 5.41) is 2.71. The average Bonchev–Trinajstić information content (AvgIpc) is 4.04. The molecule has 7 heterocycles. The van der Waals surface area contributed by atoms with Crippen molar-refractivity contribution in [3.8, 4) is 11.1 Å². The number of alkyl halides is 1. The third kappa shape index (κ3) is 8.45.